The molecular weight excluding hydrogens is 502 g/mol. The van der Waals surface area contributed by atoms with E-state index < -0.39 is 0 Å². The summed E-state index contributed by atoms with van der Waals surface area (Å²) in [6.07, 6.45) is 2.53. The van der Waals surface area contributed by atoms with Gasteiger partial charge in [-0.3, -0.25) is 9.59 Å². The molecule has 9 heteroatoms. The average Bonchev–Trinajstić information content (AvgIpc) is 3.77. The van der Waals surface area contributed by atoms with Gasteiger partial charge in [-0.05, 0) is 38.0 Å². The van der Waals surface area contributed by atoms with Gasteiger partial charge in [0.1, 0.15) is 21.9 Å². The standard InChI is InChI=1S/C14H15N3.C14H4N2O2S2/c1-10-9-13(11-7-8-11)17-14(15-10)16-12-5-3-2-4-6-12;15-5-9-10(6-16)20-14-12(18)8-4-2-1-3-7(8)11(17)13(14)19-9/h2-6,9,11H,7-8H2,1H3,(H,15,16,17);1-4H. The van der Waals surface area contributed by atoms with E-state index in [1.807, 2.05) is 49.4 Å². The van der Waals surface area contributed by atoms with Crippen LogP contribution < -0.4 is 16.2 Å². The molecule has 1 fully saturated rings. The third kappa shape index (κ3) is 5.10. The maximum atomic E-state index is 12.4. The average molecular weight is 522 g/mol. The van der Waals surface area contributed by atoms with Gasteiger partial charge >= 0.3 is 0 Å². The van der Waals surface area contributed by atoms with Crippen molar-refractivity contribution in [2.75, 3.05) is 5.32 Å². The first-order valence-corrected chi connectivity index (χ1v) is 13.1. The van der Waals surface area contributed by atoms with Crippen LogP contribution in [0.4, 0.5) is 11.6 Å². The maximum Gasteiger partial charge on any atom is 0.227 e. The molecule has 1 saturated carbocycles. The number of aromatic nitrogens is 2. The smallest absolute Gasteiger partial charge is 0.227 e. The topological polar surface area (TPSA) is 120 Å². The lowest BCUT2D eigenvalue weighted by Crippen LogP contribution is -2.13. The largest absolute Gasteiger partial charge is 0.324 e. The van der Waals surface area contributed by atoms with Gasteiger partial charge in [-0.15, -0.1) is 22.7 Å². The molecule has 0 amide bonds. The summed E-state index contributed by atoms with van der Waals surface area (Å²) in [5.41, 5.74) is 2.70. The Balaban J connectivity index is 0.000000153. The van der Waals surface area contributed by atoms with E-state index in [1.165, 1.54) is 18.5 Å². The lowest BCUT2D eigenvalue weighted by Gasteiger charge is -2.07. The van der Waals surface area contributed by atoms with Crippen molar-refractivity contribution in [3.05, 3.63) is 111 Å². The number of nitriles is 2. The molecular formula is C28H19N5O2S2. The van der Waals surface area contributed by atoms with E-state index in [0.717, 1.165) is 34.1 Å². The first kappa shape index (κ1) is 24.3. The predicted molar refractivity (Wildman–Crippen MR) is 145 cm³/mol. The highest BCUT2D eigenvalue weighted by Gasteiger charge is 2.25. The number of nitrogens with zero attached hydrogens (tertiary/aromatic N) is 4. The highest BCUT2D eigenvalue weighted by Crippen LogP contribution is 2.39. The molecule has 2 aromatic carbocycles. The van der Waals surface area contributed by atoms with Crippen molar-refractivity contribution in [2.45, 2.75) is 25.7 Å². The Hall–Kier alpha value is -4.44. The monoisotopic (exact) mass is 521 g/mol. The second-order valence-corrected chi connectivity index (χ2v) is 10.5. The van der Waals surface area contributed by atoms with Crippen LogP contribution in [-0.4, -0.2) is 9.97 Å². The molecule has 0 atom stereocenters. The van der Waals surface area contributed by atoms with Crippen LogP contribution in [0.3, 0.4) is 0 Å². The van der Waals surface area contributed by atoms with Crippen LogP contribution in [0.25, 0.3) is 10.8 Å². The van der Waals surface area contributed by atoms with E-state index >= 15 is 0 Å². The quantitative estimate of drug-likeness (QED) is 0.330. The minimum atomic E-state index is -0.266. The van der Waals surface area contributed by atoms with Crippen LogP contribution in [0.2, 0.25) is 0 Å². The predicted octanol–water partition coefficient (Wildman–Crippen LogP) is 5.56. The minimum absolute atomic E-state index is 0.164. The number of hydrogen-bond donors (Lipinski definition) is 1. The van der Waals surface area contributed by atoms with Crippen LogP contribution in [-0.2, 0) is 0 Å². The molecule has 0 bridgehead atoms. The SMILES string of the molecule is Cc1cc(C2CC2)nc(Nc2ccccc2)n1.N#Cc1sc2c(=O)c3ccccc3c(=O)c=2sc1C#N. The number of anilines is 2. The van der Waals surface area contributed by atoms with E-state index in [2.05, 4.69) is 21.4 Å². The first-order chi connectivity index (χ1) is 18.0. The number of aryl methyl sites for hydroxylation is 1. The van der Waals surface area contributed by atoms with Gasteiger partial charge in [-0.2, -0.15) is 10.5 Å². The maximum absolute atomic E-state index is 12.4. The number of nitrogens with one attached hydrogen (secondary N) is 1. The fourth-order valence-electron chi connectivity index (χ4n) is 3.85. The molecule has 7 nitrogen and oxygen atoms in total. The summed E-state index contributed by atoms with van der Waals surface area (Å²) in [6.45, 7) is 2.02. The molecule has 180 valence electrons. The van der Waals surface area contributed by atoms with Crippen LogP contribution in [0, 0.1) is 38.7 Å². The van der Waals surface area contributed by atoms with E-state index in [-0.39, 0.29) is 29.7 Å². The van der Waals surface area contributed by atoms with Gasteiger partial charge in [0.05, 0.1) is 9.06 Å². The molecule has 37 heavy (non-hydrogen) atoms. The first-order valence-electron chi connectivity index (χ1n) is 11.5. The molecule has 1 aliphatic heterocycles. The van der Waals surface area contributed by atoms with Crippen molar-refractivity contribution in [2.24, 2.45) is 0 Å². The molecule has 0 spiro atoms. The Labute approximate surface area is 219 Å². The molecule has 0 saturated heterocycles. The summed E-state index contributed by atoms with van der Waals surface area (Å²) in [7, 11) is 0. The zero-order valence-corrected chi connectivity index (χ0v) is 21.3. The number of benzene rings is 2. The zero-order chi connectivity index (χ0) is 25.9. The Morgan fingerprint density at radius 2 is 1.38 bits per heavy atom. The molecule has 6 rings (SSSR count). The van der Waals surface area contributed by atoms with Gasteiger partial charge in [0.2, 0.25) is 16.8 Å². The summed E-state index contributed by atoms with van der Waals surface area (Å²) in [5, 5.41) is 22.0. The normalized spacial score (nSPS) is 12.3. The summed E-state index contributed by atoms with van der Waals surface area (Å²) >= 11 is 1.82. The molecule has 2 aliphatic carbocycles. The Kier molecular flexibility index (Phi) is 6.74. The van der Waals surface area contributed by atoms with E-state index in [1.54, 1.807) is 24.3 Å². The fourth-order valence-corrected chi connectivity index (χ4v) is 5.90. The van der Waals surface area contributed by atoms with Crippen LogP contribution in [0.1, 0.15) is 39.9 Å². The van der Waals surface area contributed by atoms with Gasteiger partial charge in [0.25, 0.3) is 0 Å². The lowest BCUT2D eigenvalue weighted by atomic mass is 10.1. The van der Waals surface area contributed by atoms with Crippen molar-refractivity contribution < 1.29 is 0 Å². The van der Waals surface area contributed by atoms with E-state index in [9.17, 15) is 9.59 Å². The summed E-state index contributed by atoms with van der Waals surface area (Å²) in [5.74, 6) is 1.37. The van der Waals surface area contributed by atoms with Gasteiger partial charge in [-0.1, -0.05) is 42.5 Å². The highest BCUT2D eigenvalue weighted by molar-refractivity contribution is 7.18. The molecule has 0 unspecified atom stereocenters. The van der Waals surface area contributed by atoms with Crippen molar-refractivity contribution in [1.82, 2.24) is 9.97 Å². The van der Waals surface area contributed by atoms with Crippen molar-refractivity contribution in [1.29, 1.82) is 10.5 Å². The second kappa shape index (κ2) is 10.3. The molecule has 3 aromatic rings. The summed E-state index contributed by atoms with van der Waals surface area (Å²) < 4.78 is 0.489. The van der Waals surface area contributed by atoms with E-state index in [4.69, 9.17) is 10.5 Å². The van der Waals surface area contributed by atoms with Gasteiger partial charge < -0.3 is 5.32 Å². The van der Waals surface area contributed by atoms with Crippen molar-refractivity contribution in [3.8, 4) is 12.1 Å². The minimum Gasteiger partial charge on any atom is -0.324 e. The third-order valence-electron chi connectivity index (χ3n) is 5.75. The molecule has 1 aromatic heterocycles. The van der Waals surface area contributed by atoms with E-state index in [0.29, 0.717) is 22.6 Å². The third-order valence-corrected chi connectivity index (χ3v) is 8.20. The molecule has 1 N–H and O–H groups in total. The zero-order valence-electron chi connectivity index (χ0n) is 19.7. The number of fused-ring (bicyclic) bond motifs is 1. The van der Waals surface area contributed by atoms with Crippen molar-refractivity contribution in [3.63, 3.8) is 0 Å². The number of para-hydroxylation sites is 1. The van der Waals surface area contributed by atoms with Gasteiger partial charge in [0, 0.05) is 33.8 Å². The van der Waals surface area contributed by atoms with Crippen LogP contribution in [0.15, 0.2) is 70.3 Å². The summed E-state index contributed by atoms with van der Waals surface area (Å²) in [6, 6.07) is 22.5. The lowest BCUT2D eigenvalue weighted by molar-refractivity contribution is 0.972. The Bertz CT molecular complexity index is 1810. The van der Waals surface area contributed by atoms with Crippen molar-refractivity contribution >= 4 is 45.1 Å². The highest BCUT2D eigenvalue weighted by atomic mass is 32.1. The number of hydrogen-bond acceptors (Lipinski definition) is 9. The van der Waals surface area contributed by atoms with Gasteiger partial charge in [-0.25, -0.2) is 9.97 Å². The Morgan fingerprint density at radius 1 is 0.838 bits per heavy atom. The van der Waals surface area contributed by atoms with Gasteiger partial charge in [0.15, 0.2) is 0 Å². The summed E-state index contributed by atoms with van der Waals surface area (Å²) in [4.78, 5) is 34.1. The second-order valence-electron chi connectivity index (χ2n) is 8.47. The van der Waals surface area contributed by atoms with Crippen LogP contribution in [0.5, 0.6) is 0 Å². The fraction of sp³-hybridized carbons (Fsp3) is 0.143. The molecule has 3 aliphatic rings. The van der Waals surface area contributed by atoms with Crippen LogP contribution >= 0.6 is 22.7 Å². The molecule has 2 heterocycles. The molecule has 0 radical (unpaired) electrons. The Morgan fingerprint density at radius 3 is 1.89 bits per heavy atom. The number of rotatable bonds is 3.